The zero-order valence-corrected chi connectivity index (χ0v) is 9.32. The molecule has 0 fully saturated rings. The van der Waals surface area contributed by atoms with Gasteiger partial charge in [-0.1, -0.05) is 17.7 Å². The van der Waals surface area contributed by atoms with Crippen LogP contribution in [-0.4, -0.2) is 26.7 Å². The van der Waals surface area contributed by atoms with E-state index in [9.17, 15) is 0 Å². The highest BCUT2D eigenvalue weighted by Gasteiger charge is 2.01. The Kier molecular flexibility index (Phi) is 2.93. The Morgan fingerprint density at radius 1 is 1.29 bits per heavy atom. The molecule has 0 unspecified atom stereocenters. The van der Waals surface area contributed by atoms with Crippen LogP contribution in [0.4, 0.5) is 0 Å². The summed E-state index contributed by atoms with van der Waals surface area (Å²) in [5.74, 6) is 0.835. The Morgan fingerprint density at radius 3 is 2.93 bits per heavy atom. The molecule has 0 amide bonds. The highest BCUT2D eigenvalue weighted by Crippen LogP contribution is 2.25. The van der Waals surface area contributed by atoms with Crippen LogP contribution in [0.25, 0.3) is 10.9 Å². The molecule has 2 radical (unpaired) electrons. The minimum absolute atomic E-state index is 0.500. The third-order valence-electron chi connectivity index (χ3n) is 1.90. The van der Waals surface area contributed by atoms with Gasteiger partial charge in [0.2, 0.25) is 0 Å². The molecule has 0 atom stereocenters. The molecule has 14 heavy (non-hydrogen) atoms. The third-order valence-corrected chi connectivity index (χ3v) is 2.27. The highest BCUT2D eigenvalue weighted by atomic mass is 35.5. The molecule has 1 heterocycles. The van der Waals surface area contributed by atoms with Gasteiger partial charge in [-0.3, -0.25) is 0 Å². The zero-order valence-electron chi connectivity index (χ0n) is 7.40. The average Bonchev–Trinajstić information content (AvgIpc) is 2.18. The van der Waals surface area contributed by atoms with E-state index < -0.39 is 0 Å². The van der Waals surface area contributed by atoms with Crippen molar-refractivity contribution in [3.8, 4) is 5.75 Å². The maximum atomic E-state index is 5.79. The van der Waals surface area contributed by atoms with Crippen LogP contribution in [0.15, 0.2) is 30.3 Å². The van der Waals surface area contributed by atoms with Gasteiger partial charge in [-0.2, -0.15) is 0 Å². The van der Waals surface area contributed by atoms with Crippen molar-refractivity contribution in [3.63, 3.8) is 0 Å². The van der Waals surface area contributed by atoms with Crippen molar-refractivity contribution in [2.24, 2.45) is 0 Å². The van der Waals surface area contributed by atoms with Crippen molar-refractivity contribution in [3.05, 3.63) is 35.5 Å². The lowest BCUT2D eigenvalue weighted by atomic mass is 10.2. The van der Waals surface area contributed by atoms with Crippen molar-refractivity contribution in [1.29, 1.82) is 0 Å². The number of hydrogen-bond acceptors (Lipinski definition) is 2. The summed E-state index contributed by atoms with van der Waals surface area (Å²) in [7, 11) is 0. The summed E-state index contributed by atoms with van der Waals surface area (Å²) in [5.41, 5.74) is 1.43. The monoisotopic (exact) mass is 219 g/mol. The summed E-state index contributed by atoms with van der Waals surface area (Å²) in [4.78, 5) is 4.20. The van der Waals surface area contributed by atoms with Gasteiger partial charge >= 0.3 is 0 Å². The molecule has 2 rings (SSSR count). The lowest BCUT2D eigenvalue weighted by molar-refractivity contribution is 0.392. The van der Waals surface area contributed by atoms with E-state index in [1.807, 2.05) is 24.3 Å². The van der Waals surface area contributed by atoms with Crippen LogP contribution in [-0.2, 0) is 0 Å². The number of hydrogen-bond donors (Lipinski definition) is 0. The molecule has 0 aliphatic carbocycles. The molecule has 0 saturated carbocycles. The topological polar surface area (TPSA) is 22.1 Å². The number of fused-ring (bicyclic) bond motifs is 1. The minimum atomic E-state index is 0.500. The number of halogens is 1. The van der Waals surface area contributed by atoms with Crippen LogP contribution >= 0.6 is 11.6 Å². The summed E-state index contributed by atoms with van der Waals surface area (Å²) in [6, 6.07) is 9.42. The first-order chi connectivity index (χ1) is 6.81. The molecule has 2 aromatic rings. The van der Waals surface area contributed by atoms with Crippen LogP contribution in [0.2, 0.25) is 5.15 Å². The van der Waals surface area contributed by atoms with E-state index in [1.165, 1.54) is 0 Å². The summed E-state index contributed by atoms with van der Waals surface area (Å²) >= 11 is 8.31. The summed E-state index contributed by atoms with van der Waals surface area (Å²) in [6.45, 7) is 0. The fourth-order valence-electron chi connectivity index (χ4n) is 1.32. The second kappa shape index (κ2) is 4.19. The number of aromatic nitrogens is 1. The standard InChI is InChI=1S/C10H7ClNO.Al/c1-13-9-4-2-3-8-7(9)5-6-10(11)12-8;/h2-6H,1H2;. The normalized spacial score (nSPS) is 10.4. The maximum Gasteiger partial charge on any atom is 0.186 e. The second-order valence-electron chi connectivity index (χ2n) is 2.77. The van der Waals surface area contributed by atoms with E-state index in [4.69, 9.17) is 16.3 Å². The Bertz CT molecular complexity index is 461. The van der Waals surface area contributed by atoms with E-state index in [0.29, 0.717) is 10.6 Å². The summed E-state index contributed by atoms with van der Waals surface area (Å²) in [5, 5.41) is 1.49. The first kappa shape index (κ1) is 9.79. The van der Waals surface area contributed by atoms with Crippen LogP contribution in [0.1, 0.15) is 0 Å². The molecule has 1 aromatic heterocycles. The van der Waals surface area contributed by atoms with Gasteiger partial charge in [0.15, 0.2) is 16.3 Å². The fraction of sp³-hybridized carbons (Fsp3) is 0.100. The summed E-state index contributed by atoms with van der Waals surface area (Å²) < 4.78 is 5.44. The Hall–Kier alpha value is -0.748. The average molecular weight is 220 g/mol. The number of benzene rings is 1. The highest BCUT2D eigenvalue weighted by molar-refractivity contribution is 6.29. The quantitative estimate of drug-likeness (QED) is 0.572. The lowest BCUT2D eigenvalue weighted by Crippen LogP contribution is -1.96. The van der Waals surface area contributed by atoms with Gasteiger partial charge in [0.05, 0.1) is 5.52 Å². The van der Waals surface area contributed by atoms with Crippen LogP contribution in [0, 0.1) is 0 Å². The molecule has 0 aliphatic rings. The SMILES string of the molecule is [Al][CH2]Oc1cccc2nc(Cl)ccc12. The van der Waals surface area contributed by atoms with Gasteiger partial charge in [0.25, 0.3) is 0 Å². The van der Waals surface area contributed by atoms with Crippen molar-refractivity contribution in [2.45, 2.75) is 0 Å². The van der Waals surface area contributed by atoms with Crippen LogP contribution in [0.3, 0.4) is 0 Å². The zero-order chi connectivity index (χ0) is 9.97. The van der Waals surface area contributed by atoms with E-state index in [-0.39, 0.29) is 0 Å². The number of nitrogens with zero attached hydrogens (tertiary/aromatic N) is 1. The lowest BCUT2D eigenvalue weighted by Gasteiger charge is -2.06. The predicted octanol–water partition coefficient (Wildman–Crippen LogP) is 2.39. The van der Waals surface area contributed by atoms with Gasteiger partial charge in [-0.15, -0.1) is 0 Å². The van der Waals surface area contributed by atoms with E-state index in [2.05, 4.69) is 21.3 Å². The van der Waals surface area contributed by atoms with Crippen molar-refractivity contribution in [1.82, 2.24) is 4.98 Å². The predicted molar refractivity (Wildman–Crippen MR) is 58.0 cm³/mol. The molecule has 0 bridgehead atoms. The molecule has 2 nitrogen and oxygen atoms in total. The third kappa shape index (κ3) is 1.85. The van der Waals surface area contributed by atoms with E-state index in [1.54, 1.807) is 6.07 Å². The molecular weight excluding hydrogens is 213 g/mol. The molecule has 0 aliphatic heterocycles. The van der Waals surface area contributed by atoms with E-state index >= 15 is 0 Å². The molecule has 68 valence electrons. The van der Waals surface area contributed by atoms with Crippen molar-refractivity contribution in [2.75, 3.05) is 5.47 Å². The Balaban J connectivity index is 2.62. The Morgan fingerprint density at radius 2 is 2.14 bits per heavy atom. The second-order valence-corrected chi connectivity index (χ2v) is 3.49. The molecule has 4 heteroatoms. The van der Waals surface area contributed by atoms with Gasteiger partial charge in [0, 0.05) is 10.9 Å². The fourth-order valence-corrected chi connectivity index (χ4v) is 1.65. The summed E-state index contributed by atoms with van der Waals surface area (Å²) in [6.07, 6.45) is 0. The molecule has 0 saturated heterocycles. The first-order valence-electron chi connectivity index (χ1n) is 4.19. The molecule has 1 aromatic carbocycles. The van der Waals surface area contributed by atoms with Crippen molar-refractivity contribution >= 4 is 38.8 Å². The molecule has 0 N–H and O–H groups in total. The molecular formula is C10H7AlClNO. The van der Waals surface area contributed by atoms with Crippen molar-refractivity contribution < 1.29 is 4.74 Å². The Labute approximate surface area is 95.3 Å². The molecule has 0 spiro atoms. The van der Waals surface area contributed by atoms with Crippen LogP contribution < -0.4 is 4.74 Å². The van der Waals surface area contributed by atoms with Gasteiger partial charge in [0.1, 0.15) is 10.9 Å². The minimum Gasteiger partial charge on any atom is -0.511 e. The van der Waals surface area contributed by atoms with Crippen LogP contribution in [0.5, 0.6) is 5.75 Å². The van der Waals surface area contributed by atoms with Gasteiger partial charge in [-0.25, -0.2) is 4.98 Å². The van der Waals surface area contributed by atoms with Gasteiger partial charge < -0.3 is 4.74 Å². The van der Waals surface area contributed by atoms with E-state index in [0.717, 1.165) is 16.7 Å². The first-order valence-corrected chi connectivity index (χ1v) is 5.39. The van der Waals surface area contributed by atoms with Gasteiger partial charge in [-0.05, 0) is 24.3 Å². The number of rotatable bonds is 2. The smallest absolute Gasteiger partial charge is 0.186 e. The number of ether oxygens (including phenoxy) is 1. The largest absolute Gasteiger partial charge is 0.511 e. The number of pyridine rings is 1. The maximum absolute atomic E-state index is 5.79.